The van der Waals surface area contributed by atoms with Gasteiger partial charge in [-0.05, 0) is 73.4 Å². The minimum atomic E-state index is -0.339. The van der Waals surface area contributed by atoms with Gasteiger partial charge in [0.05, 0.1) is 24.1 Å². The number of esters is 1. The van der Waals surface area contributed by atoms with E-state index in [0.717, 1.165) is 36.5 Å². The van der Waals surface area contributed by atoms with Crippen LogP contribution in [-0.4, -0.2) is 17.6 Å². The summed E-state index contributed by atoms with van der Waals surface area (Å²) < 4.78 is 11.5. The van der Waals surface area contributed by atoms with Gasteiger partial charge in [-0.25, -0.2) is 4.79 Å². The van der Waals surface area contributed by atoms with Crippen molar-refractivity contribution in [3.05, 3.63) is 78.0 Å². The molecule has 0 radical (unpaired) electrons. The molecular weight excluding hydrogens is 506 g/mol. The highest BCUT2D eigenvalue weighted by Gasteiger charge is 2.09. The molecule has 0 saturated heterocycles. The Labute approximate surface area is 248 Å². The van der Waals surface area contributed by atoms with Crippen molar-refractivity contribution in [2.24, 2.45) is 0 Å². The third kappa shape index (κ3) is 12.9. The number of carbonyl (C=O) groups excluding carboxylic acids is 1. The minimum Gasteiger partial charge on any atom is -0.492 e. The van der Waals surface area contributed by atoms with Gasteiger partial charge in [0.15, 0.2) is 0 Å². The number of rotatable bonds is 21. The second kappa shape index (κ2) is 19.9. The van der Waals surface area contributed by atoms with Crippen molar-refractivity contribution in [3.8, 4) is 22.8 Å². The molecule has 0 bridgehead atoms. The number of benzene rings is 2. The lowest BCUT2D eigenvalue weighted by atomic mass is 10.0. The first-order chi connectivity index (χ1) is 20.2. The Bertz CT molecular complexity index is 1090. The van der Waals surface area contributed by atoms with E-state index in [-0.39, 0.29) is 5.97 Å². The lowest BCUT2D eigenvalue weighted by Crippen LogP contribution is -2.08. The van der Waals surface area contributed by atoms with Crippen molar-refractivity contribution >= 4 is 5.97 Å². The summed E-state index contributed by atoms with van der Waals surface area (Å²) in [6.45, 7) is 5.24. The molecule has 0 fully saturated rings. The summed E-state index contributed by atoms with van der Waals surface area (Å²) in [4.78, 5) is 17.2. The molecule has 0 unspecified atom stereocenters. The monoisotopic (exact) mass is 557 g/mol. The molecule has 0 aliphatic heterocycles. The Morgan fingerprint density at radius 3 is 1.76 bits per heavy atom. The van der Waals surface area contributed by atoms with E-state index in [2.05, 4.69) is 18.8 Å². The Hall–Kier alpha value is -3.14. The van der Waals surface area contributed by atoms with E-state index in [0.29, 0.717) is 11.3 Å². The number of unbranched alkanes of at least 4 members (excludes halogenated alkanes) is 13. The van der Waals surface area contributed by atoms with Crippen LogP contribution in [-0.2, 0) is 6.42 Å². The highest BCUT2D eigenvalue weighted by molar-refractivity contribution is 5.91. The number of nitrogens with zero attached hydrogens (tertiary/aromatic N) is 1. The first kappa shape index (κ1) is 32.4. The average molecular weight is 558 g/mol. The second-order valence-electron chi connectivity index (χ2n) is 11.2. The van der Waals surface area contributed by atoms with Crippen molar-refractivity contribution in [1.29, 1.82) is 0 Å². The zero-order valence-corrected chi connectivity index (χ0v) is 25.5. The van der Waals surface area contributed by atoms with Crippen LogP contribution in [0, 0.1) is 0 Å². The predicted octanol–water partition coefficient (Wildman–Crippen LogP) is 10.8. The van der Waals surface area contributed by atoms with E-state index >= 15 is 0 Å². The summed E-state index contributed by atoms with van der Waals surface area (Å²) in [6, 6.07) is 19.2. The van der Waals surface area contributed by atoms with Crippen LogP contribution in [0.2, 0.25) is 0 Å². The predicted molar refractivity (Wildman–Crippen MR) is 171 cm³/mol. The van der Waals surface area contributed by atoms with Crippen molar-refractivity contribution in [2.45, 2.75) is 117 Å². The van der Waals surface area contributed by atoms with Gasteiger partial charge in [0, 0.05) is 5.56 Å². The summed E-state index contributed by atoms with van der Waals surface area (Å²) in [7, 11) is 0. The van der Waals surface area contributed by atoms with Crippen LogP contribution in [0.4, 0.5) is 0 Å². The number of pyridine rings is 1. The molecule has 0 N–H and O–H groups in total. The maximum atomic E-state index is 12.6. The summed E-state index contributed by atoms with van der Waals surface area (Å²) in [5, 5.41) is 0. The van der Waals surface area contributed by atoms with Gasteiger partial charge in [0.25, 0.3) is 0 Å². The molecule has 3 rings (SSSR count). The van der Waals surface area contributed by atoms with E-state index in [1.54, 1.807) is 6.20 Å². The van der Waals surface area contributed by atoms with Gasteiger partial charge in [-0.2, -0.15) is 0 Å². The fourth-order valence-corrected chi connectivity index (χ4v) is 5.02. The molecule has 1 heterocycles. The smallest absolute Gasteiger partial charge is 0.343 e. The summed E-state index contributed by atoms with van der Waals surface area (Å²) in [6.07, 6.45) is 22.4. The van der Waals surface area contributed by atoms with Gasteiger partial charge >= 0.3 is 5.97 Å². The second-order valence-corrected chi connectivity index (χ2v) is 11.2. The van der Waals surface area contributed by atoms with Crippen molar-refractivity contribution in [3.63, 3.8) is 0 Å². The molecule has 3 aromatic rings. The summed E-state index contributed by atoms with van der Waals surface area (Å²) in [5.74, 6) is 0.988. The van der Waals surface area contributed by atoms with E-state index < -0.39 is 0 Å². The van der Waals surface area contributed by atoms with Gasteiger partial charge in [0.1, 0.15) is 11.5 Å². The molecule has 0 spiro atoms. The minimum absolute atomic E-state index is 0.339. The van der Waals surface area contributed by atoms with Gasteiger partial charge in [0.2, 0.25) is 0 Å². The zero-order valence-electron chi connectivity index (χ0n) is 25.5. The van der Waals surface area contributed by atoms with Crippen LogP contribution >= 0.6 is 0 Å². The number of aryl methyl sites for hydroxylation is 1. The van der Waals surface area contributed by atoms with E-state index in [1.807, 2.05) is 60.7 Å². The van der Waals surface area contributed by atoms with Crippen LogP contribution in [0.5, 0.6) is 11.5 Å². The Kier molecular flexibility index (Phi) is 15.7. The van der Waals surface area contributed by atoms with Gasteiger partial charge in [-0.1, -0.05) is 109 Å². The topological polar surface area (TPSA) is 48.4 Å². The molecule has 1 aromatic heterocycles. The molecule has 41 heavy (non-hydrogen) atoms. The normalized spacial score (nSPS) is 11.0. The lowest BCUT2D eigenvalue weighted by Gasteiger charge is -2.08. The quantitative estimate of drug-likeness (QED) is 0.0742. The first-order valence-corrected chi connectivity index (χ1v) is 16.2. The SMILES string of the molecule is CCCCCCCCCCCCOc1ccc(-c2ccc(OC(=O)c3ccc(CCCCCCC)cc3)cc2)nc1. The van der Waals surface area contributed by atoms with Crippen LogP contribution in [0.15, 0.2) is 66.9 Å². The molecule has 222 valence electrons. The number of hydrogen-bond donors (Lipinski definition) is 0. The molecular formula is C37H51NO3. The standard InChI is InChI=1S/C37H51NO3/c1-3-5-7-9-10-11-12-13-15-17-29-40-35-27-28-36(38-30-35)32-23-25-34(26-24-32)41-37(39)33-21-19-31(20-22-33)18-16-14-8-6-4-2/h19-28,30H,3-18,29H2,1-2H3. The van der Waals surface area contributed by atoms with Crippen LogP contribution in [0.25, 0.3) is 11.3 Å². The lowest BCUT2D eigenvalue weighted by molar-refractivity contribution is 0.0734. The van der Waals surface area contributed by atoms with Crippen LogP contribution in [0.3, 0.4) is 0 Å². The molecule has 0 aliphatic carbocycles. The van der Waals surface area contributed by atoms with E-state index in [1.165, 1.54) is 95.5 Å². The number of aromatic nitrogens is 1. The van der Waals surface area contributed by atoms with E-state index in [9.17, 15) is 4.79 Å². The van der Waals surface area contributed by atoms with Crippen molar-refractivity contribution < 1.29 is 14.3 Å². The number of carbonyl (C=O) groups is 1. The first-order valence-electron chi connectivity index (χ1n) is 16.2. The van der Waals surface area contributed by atoms with Gasteiger partial charge in [-0.3, -0.25) is 4.98 Å². The maximum absolute atomic E-state index is 12.6. The maximum Gasteiger partial charge on any atom is 0.343 e. The average Bonchev–Trinajstić information content (AvgIpc) is 3.01. The third-order valence-corrected chi connectivity index (χ3v) is 7.62. The fraction of sp³-hybridized carbons (Fsp3) is 0.514. The molecule has 0 aliphatic rings. The summed E-state index contributed by atoms with van der Waals surface area (Å²) in [5.41, 5.74) is 3.66. The molecule has 0 amide bonds. The summed E-state index contributed by atoms with van der Waals surface area (Å²) >= 11 is 0. The molecule has 0 atom stereocenters. The van der Waals surface area contributed by atoms with Crippen LogP contribution in [0.1, 0.15) is 126 Å². The van der Waals surface area contributed by atoms with Gasteiger partial charge < -0.3 is 9.47 Å². The number of hydrogen-bond acceptors (Lipinski definition) is 4. The molecule has 0 saturated carbocycles. The highest BCUT2D eigenvalue weighted by atomic mass is 16.5. The Morgan fingerprint density at radius 1 is 0.610 bits per heavy atom. The zero-order chi connectivity index (χ0) is 29.0. The van der Waals surface area contributed by atoms with Crippen molar-refractivity contribution in [1.82, 2.24) is 4.98 Å². The Balaban J connectivity index is 1.34. The Morgan fingerprint density at radius 2 is 1.17 bits per heavy atom. The van der Waals surface area contributed by atoms with E-state index in [4.69, 9.17) is 9.47 Å². The molecule has 4 heteroatoms. The van der Waals surface area contributed by atoms with Gasteiger partial charge in [-0.15, -0.1) is 0 Å². The fourth-order valence-electron chi connectivity index (χ4n) is 5.02. The van der Waals surface area contributed by atoms with Crippen LogP contribution < -0.4 is 9.47 Å². The number of ether oxygens (including phenoxy) is 2. The van der Waals surface area contributed by atoms with Crippen molar-refractivity contribution in [2.75, 3.05) is 6.61 Å². The highest BCUT2D eigenvalue weighted by Crippen LogP contribution is 2.23. The third-order valence-electron chi connectivity index (χ3n) is 7.62. The largest absolute Gasteiger partial charge is 0.492 e. The molecule has 4 nitrogen and oxygen atoms in total. The molecule has 2 aromatic carbocycles.